The van der Waals surface area contributed by atoms with Crippen molar-refractivity contribution in [1.82, 2.24) is 0 Å². The van der Waals surface area contributed by atoms with Gasteiger partial charge in [-0.25, -0.2) is 8.42 Å². The molecule has 0 amide bonds. The number of hydrogen-bond donors (Lipinski definition) is 0. The SMILES string of the molecule is O=C1c2c(I)cc(I)cc2S(=O)(=O)Oc2ccccc2S1(=O)=O. The largest absolute Gasteiger partial charge is 0.378 e. The van der Waals surface area contributed by atoms with Crippen molar-refractivity contribution in [2.24, 2.45) is 0 Å². The van der Waals surface area contributed by atoms with Gasteiger partial charge in [0.25, 0.3) is 5.12 Å². The monoisotopic (exact) mass is 576 g/mol. The molecular formula is C13H6I2O6S2. The van der Waals surface area contributed by atoms with Crippen LogP contribution in [0.3, 0.4) is 0 Å². The fourth-order valence-electron chi connectivity index (χ4n) is 2.08. The van der Waals surface area contributed by atoms with Crippen molar-refractivity contribution in [2.45, 2.75) is 9.79 Å². The van der Waals surface area contributed by atoms with E-state index in [0.717, 1.165) is 6.07 Å². The van der Waals surface area contributed by atoms with Crippen molar-refractivity contribution in [1.29, 1.82) is 0 Å². The summed E-state index contributed by atoms with van der Waals surface area (Å²) in [7, 11) is -8.75. The number of rotatable bonds is 0. The normalized spacial score (nSPS) is 18.1. The minimum Gasteiger partial charge on any atom is -0.378 e. The van der Waals surface area contributed by atoms with E-state index in [-0.39, 0.29) is 14.9 Å². The van der Waals surface area contributed by atoms with Gasteiger partial charge in [0, 0.05) is 7.14 Å². The molecule has 0 unspecified atom stereocenters. The predicted octanol–water partition coefficient (Wildman–Crippen LogP) is 2.59. The minimum atomic E-state index is -4.42. The lowest BCUT2D eigenvalue weighted by Gasteiger charge is -2.18. The molecule has 0 saturated carbocycles. The number of para-hydroxylation sites is 1. The maximum atomic E-state index is 12.6. The molecule has 0 fully saturated rings. The predicted molar refractivity (Wildman–Crippen MR) is 97.6 cm³/mol. The third-order valence-corrected chi connectivity index (χ3v) is 7.42. The highest BCUT2D eigenvalue weighted by atomic mass is 127. The van der Waals surface area contributed by atoms with E-state index in [9.17, 15) is 21.6 Å². The van der Waals surface area contributed by atoms with Crippen molar-refractivity contribution >= 4 is 70.3 Å². The lowest BCUT2D eigenvalue weighted by atomic mass is 10.2. The van der Waals surface area contributed by atoms with Crippen LogP contribution in [-0.2, 0) is 20.0 Å². The highest BCUT2D eigenvalue weighted by Crippen LogP contribution is 2.36. The summed E-state index contributed by atoms with van der Waals surface area (Å²) >= 11 is 3.62. The molecule has 0 atom stereocenters. The number of fused-ring (bicyclic) bond motifs is 2. The van der Waals surface area contributed by atoms with Crippen LogP contribution in [0, 0.1) is 7.14 Å². The highest BCUT2D eigenvalue weighted by molar-refractivity contribution is 14.1. The van der Waals surface area contributed by atoms with Crippen LogP contribution in [0.4, 0.5) is 0 Å². The van der Waals surface area contributed by atoms with Crippen molar-refractivity contribution in [3.63, 3.8) is 0 Å². The van der Waals surface area contributed by atoms with Gasteiger partial charge in [0.2, 0.25) is 9.84 Å². The van der Waals surface area contributed by atoms with Crippen LogP contribution in [0.5, 0.6) is 5.75 Å². The highest BCUT2D eigenvalue weighted by Gasteiger charge is 2.39. The van der Waals surface area contributed by atoms with E-state index < -0.39 is 34.9 Å². The van der Waals surface area contributed by atoms with Gasteiger partial charge in [-0.1, -0.05) is 12.1 Å². The summed E-state index contributed by atoms with van der Waals surface area (Å²) in [4.78, 5) is 11.7. The van der Waals surface area contributed by atoms with E-state index in [1.54, 1.807) is 22.6 Å². The number of halogens is 2. The zero-order chi connectivity index (χ0) is 17.0. The third-order valence-electron chi connectivity index (χ3n) is 3.07. The molecule has 0 saturated heterocycles. The Hall–Kier alpha value is -0.730. The number of hydrogen-bond acceptors (Lipinski definition) is 6. The van der Waals surface area contributed by atoms with Gasteiger partial charge in [0.05, 0.1) is 5.56 Å². The first-order valence-corrected chi connectivity index (χ1v) is 11.0. The summed E-state index contributed by atoms with van der Waals surface area (Å²) in [6.07, 6.45) is 0. The average molecular weight is 576 g/mol. The summed E-state index contributed by atoms with van der Waals surface area (Å²) in [6, 6.07) is 7.89. The fourth-order valence-corrected chi connectivity index (χ4v) is 7.38. The second-order valence-corrected chi connectivity index (χ2v) is 10.3. The Balaban J connectivity index is 2.48. The Kier molecular flexibility index (Phi) is 4.21. The van der Waals surface area contributed by atoms with Crippen LogP contribution in [0.25, 0.3) is 0 Å². The van der Waals surface area contributed by atoms with E-state index in [1.165, 1.54) is 30.3 Å². The fraction of sp³-hybridized carbons (Fsp3) is 0. The van der Waals surface area contributed by atoms with Gasteiger partial charge in [0.15, 0.2) is 5.75 Å². The molecule has 0 spiro atoms. The van der Waals surface area contributed by atoms with Crippen LogP contribution in [0.2, 0.25) is 0 Å². The molecule has 0 aromatic heterocycles. The summed E-state index contributed by atoms with van der Waals surface area (Å²) in [5.41, 5.74) is -0.388. The second kappa shape index (κ2) is 5.67. The lowest BCUT2D eigenvalue weighted by molar-refractivity contribution is 0.107. The topological polar surface area (TPSA) is 94.6 Å². The van der Waals surface area contributed by atoms with E-state index in [4.69, 9.17) is 4.18 Å². The number of carbonyl (C=O) groups excluding carboxylic acids is 1. The smallest absolute Gasteiger partial charge is 0.340 e. The molecule has 1 aliphatic rings. The molecule has 0 radical (unpaired) electrons. The lowest BCUT2D eigenvalue weighted by Crippen LogP contribution is -2.25. The molecular weight excluding hydrogens is 570 g/mol. The Morgan fingerprint density at radius 3 is 2.26 bits per heavy atom. The van der Waals surface area contributed by atoms with Crippen molar-refractivity contribution in [2.75, 3.05) is 0 Å². The minimum absolute atomic E-state index is 0.227. The Morgan fingerprint density at radius 2 is 1.57 bits per heavy atom. The first kappa shape index (κ1) is 17.1. The first-order valence-electron chi connectivity index (χ1n) is 5.96. The number of sulfone groups is 1. The molecule has 0 N–H and O–H groups in total. The zero-order valence-electron chi connectivity index (χ0n) is 11.0. The summed E-state index contributed by atoms with van der Waals surface area (Å²) in [5.74, 6) is -0.389. The van der Waals surface area contributed by atoms with Gasteiger partial charge in [0.1, 0.15) is 9.79 Å². The molecule has 1 aliphatic heterocycles. The summed E-state index contributed by atoms with van der Waals surface area (Å²) in [5, 5.41) is -1.26. The average Bonchev–Trinajstić information content (AvgIpc) is 2.45. The van der Waals surface area contributed by atoms with Gasteiger partial charge in [-0.2, -0.15) is 8.42 Å². The third kappa shape index (κ3) is 2.78. The van der Waals surface area contributed by atoms with Crippen LogP contribution in [0.1, 0.15) is 10.4 Å². The molecule has 2 aromatic carbocycles. The van der Waals surface area contributed by atoms with Crippen LogP contribution in [-0.4, -0.2) is 22.0 Å². The summed E-state index contributed by atoms with van der Waals surface area (Å²) in [6.45, 7) is 0. The molecule has 3 rings (SSSR count). The van der Waals surface area contributed by atoms with Crippen LogP contribution >= 0.6 is 45.2 Å². The number of benzene rings is 2. The molecule has 2 aromatic rings. The molecule has 10 heteroatoms. The van der Waals surface area contributed by atoms with Gasteiger partial charge in [-0.15, -0.1) is 0 Å². The zero-order valence-corrected chi connectivity index (χ0v) is 16.9. The van der Waals surface area contributed by atoms with Gasteiger partial charge < -0.3 is 4.18 Å². The van der Waals surface area contributed by atoms with Crippen molar-refractivity contribution in [3.05, 3.63) is 49.1 Å². The van der Waals surface area contributed by atoms with Crippen molar-refractivity contribution < 1.29 is 25.8 Å². The molecule has 0 bridgehead atoms. The second-order valence-electron chi connectivity index (χ2n) is 4.54. The quantitative estimate of drug-likeness (QED) is 0.354. The van der Waals surface area contributed by atoms with Crippen LogP contribution in [0.15, 0.2) is 46.2 Å². The Morgan fingerprint density at radius 1 is 0.913 bits per heavy atom. The molecule has 1 heterocycles. The van der Waals surface area contributed by atoms with E-state index in [2.05, 4.69) is 0 Å². The Labute approximate surface area is 159 Å². The van der Waals surface area contributed by atoms with E-state index >= 15 is 0 Å². The maximum Gasteiger partial charge on any atom is 0.340 e. The molecule has 120 valence electrons. The summed E-state index contributed by atoms with van der Waals surface area (Å²) < 4.78 is 55.8. The molecule has 0 aliphatic carbocycles. The van der Waals surface area contributed by atoms with Gasteiger partial charge in [-0.3, -0.25) is 4.79 Å². The van der Waals surface area contributed by atoms with Gasteiger partial charge >= 0.3 is 10.1 Å². The standard InChI is InChI=1S/C13H6I2O6S2/c14-7-5-8(15)12-11(6-7)23(19,20)21-9-3-1-2-4-10(9)22(17,18)13(12)16/h1-6H. The molecule has 6 nitrogen and oxygen atoms in total. The first-order chi connectivity index (χ1) is 10.6. The van der Waals surface area contributed by atoms with Gasteiger partial charge in [-0.05, 0) is 69.4 Å². The Bertz CT molecular complexity index is 1060. The maximum absolute atomic E-state index is 12.6. The van der Waals surface area contributed by atoms with Crippen molar-refractivity contribution in [3.8, 4) is 5.75 Å². The van der Waals surface area contributed by atoms with Crippen LogP contribution < -0.4 is 4.18 Å². The molecule has 23 heavy (non-hydrogen) atoms. The van der Waals surface area contributed by atoms with E-state index in [0.29, 0.717) is 3.57 Å². The number of carbonyl (C=O) groups is 1. The van der Waals surface area contributed by atoms with E-state index in [1.807, 2.05) is 22.6 Å².